The quantitative estimate of drug-likeness (QED) is 0.181. The number of aliphatic hydroxyl groups is 3. The van der Waals surface area contributed by atoms with E-state index < -0.39 is 42.6 Å². The maximum Gasteiger partial charge on any atom is 0.335 e. The van der Waals surface area contributed by atoms with Crippen LogP contribution in [0.15, 0.2) is 60.7 Å². The summed E-state index contributed by atoms with van der Waals surface area (Å²) in [6, 6.07) is 18.1. The van der Waals surface area contributed by atoms with Gasteiger partial charge in [0.1, 0.15) is 24.1 Å². The van der Waals surface area contributed by atoms with E-state index in [9.17, 15) is 30.0 Å². The molecule has 1 saturated heterocycles. The topological polar surface area (TPSA) is 182 Å². The van der Waals surface area contributed by atoms with Gasteiger partial charge in [0, 0.05) is 22.9 Å². The number of aromatic nitrogens is 2. The lowest BCUT2D eigenvalue weighted by Crippen LogP contribution is -2.60. The van der Waals surface area contributed by atoms with Crippen molar-refractivity contribution in [1.82, 2.24) is 10.2 Å². The minimum Gasteiger partial charge on any atom is -0.507 e. The number of aromatic amines is 1. The van der Waals surface area contributed by atoms with Crippen molar-refractivity contribution in [2.45, 2.75) is 43.5 Å². The zero-order valence-corrected chi connectivity index (χ0v) is 21.5. The number of aliphatic carboxylic acids is 1. The SMILES string of the molecule is O=C(CCc1n[nH]c2cc(Cl)c(-c3ccc(-c4ccccc4O)cc3)cc12)OC1OC(C(=O)O)C(O)C(O)C1O. The van der Waals surface area contributed by atoms with Crippen molar-refractivity contribution in [3.05, 3.63) is 71.4 Å². The number of esters is 1. The number of aromatic hydroxyl groups is 1. The second-order valence-electron chi connectivity index (χ2n) is 9.37. The van der Waals surface area contributed by atoms with Crippen LogP contribution in [0.4, 0.5) is 0 Å². The Labute approximate surface area is 232 Å². The second kappa shape index (κ2) is 11.2. The molecule has 1 aliphatic heterocycles. The van der Waals surface area contributed by atoms with Gasteiger partial charge in [-0.1, -0.05) is 54.1 Å². The molecule has 11 nitrogen and oxygen atoms in total. The van der Waals surface area contributed by atoms with Gasteiger partial charge in [-0.2, -0.15) is 5.10 Å². The molecule has 5 rings (SSSR count). The molecule has 1 fully saturated rings. The maximum absolute atomic E-state index is 12.5. The van der Waals surface area contributed by atoms with Crippen LogP contribution in [-0.2, 0) is 25.5 Å². The Morgan fingerprint density at radius 2 is 1.62 bits per heavy atom. The van der Waals surface area contributed by atoms with Crippen LogP contribution in [0.3, 0.4) is 0 Å². The zero-order chi connectivity index (χ0) is 28.6. The number of para-hydroxylation sites is 1. The number of nitrogens with one attached hydrogen (secondary N) is 1. The summed E-state index contributed by atoms with van der Waals surface area (Å²) in [6.07, 6.45) is -9.31. The zero-order valence-electron chi connectivity index (χ0n) is 20.8. The normalized spacial score (nSPS) is 22.8. The average molecular weight is 569 g/mol. The molecule has 4 aromatic rings. The maximum atomic E-state index is 12.5. The number of ether oxygens (including phenoxy) is 2. The summed E-state index contributed by atoms with van der Waals surface area (Å²) in [5.41, 5.74) is 4.29. The molecule has 5 unspecified atom stereocenters. The number of carbonyl (C=O) groups excluding carboxylic acids is 1. The first-order valence-electron chi connectivity index (χ1n) is 12.3. The van der Waals surface area contributed by atoms with Gasteiger partial charge in [0.15, 0.2) is 6.10 Å². The van der Waals surface area contributed by atoms with E-state index in [2.05, 4.69) is 10.2 Å². The van der Waals surface area contributed by atoms with Crippen LogP contribution in [0.5, 0.6) is 5.75 Å². The van der Waals surface area contributed by atoms with E-state index in [0.717, 1.165) is 22.1 Å². The number of aryl methyl sites for hydroxylation is 1. The Bertz CT molecular complexity index is 1560. The highest BCUT2D eigenvalue weighted by molar-refractivity contribution is 6.34. The number of halogens is 1. The van der Waals surface area contributed by atoms with Gasteiger partial charge in [-0.25, -0.2) is 4.79 Å². The van der Waals surface area contributed by atoms with Gasteiger partial charge in [-0.3, -0.25) is 9.89 Å². The number of hydrogen-bond donors (Lipinski definition) is 6. The third kappa shape index (κ3) is 5.37. The van der Waals surface area contributed by atoms with Crippen molar-refractivity contribution < 1.29 is 44.6 Å². The minimum absolute atomic E-state index is 0.127. The second-order valence-corrected chi connectivity index (χ2v) is 9.77. The summed E-state index contributed by atoms with van der Waals surface area (Å²) in [6.45, 7) is 0. The van der Waals surface area contributed by atoms with E-state index in [-0.39, 0.29) is 18.6 Å². The highest BCUT2D eigenvalue weighted by Crippen LogP contribution is 2.35. The Kier molecular flexibility index (Phi) is 7.74. The van der Waals surface area contributed by atoms with Crippen LogP contribution >= 0.6 is 11.6 Å². The van der Waals surface area contributed by atoms with E-state index in [1.165, 1.54) is 0 Å². The largest absolute Gasteiger partial charge is 0.507 e. The summed E-state index contributed by atoms with van der Waals surface area (Å²) < 4.78 is 10.0. The van der Waals surface area contributed by atoms with Gasteiger partial charge < -0.3 is 35.0 Å². The van der Waals surface area contributed by atoms with Crippen LogP contribution in [0.1, 0.15) is 12.1 Å². The molecule has 0 aliphatic carbocycles. The highest BCUT2D eigenvalue weighted by atomic mass is 35.5. The summed E-state index contributed by atoms with van der Waals surface area (Å²) in [4.78, 5) is 23.7. The molecule has 0 radical (unpaired) electrons. The van der Waals surface area contributed by atoms with Gasteiger partial charge in [-0.15, -0.1) is 0 Å². The average Bonchev–Trinajstić information content (AvgIpc) is 3.33. The standard InChI is InChI=1S/C28H25ClN2O9/c29-18-12-20-17(11-16(18)14-7-5-13(6-8-14)15-3-1-2-4-21(15)32)19(30-31-20)9-10-22(33)39-28-25(36)23(34)24(35)26(40-28)27(37)38/h1-8,11-12,23-26,28,32,34-36H,9-10H2,(H,30,31)(H,37,38). The third-order valence-corrected chi connectivity index (χ3v) is 7.08. The van der Waals surface area contributed by atoms with Gasteiger partial charge in [0.25, 0.3) is 0 Å². The minimum atomic E-state index is -1.89. The number of hydrogen-bond acceptors (Lipinski definition) is 9. The monoisotopic (exact) mass is 568 g/mol. The molecule has 40 heavy (non-hydrogen) atoms. The van der Waals surface area contributed by atoms with Gasteiger partial charge in [0.2, 0.25) is 6.29 Å². The molecule has 1 aromatic heterocycles. The molecule has 0 bridgehead atoms. The number of nitrogens with zero attached hydrogens (tertiary/aromatic N) is 1. The lowest BCUT2D eigenvalue weighted by Gasteiger charge is -2.37. The number of fused-ring (bicyclic) bond motifs is 1. The molecule has 12 heteroatoms. The number of H-pyrrole nitrogens is 1. The van der Waals surface area contributed by atoms with E-state index in [4.69, 9.17) is 26.2 Å². The number of aliphatic hydroxyl groups excluding tert-OH is 3. The number of carboxylic acid groups (broad SMARTS) is 1. The van der Waals surface area contributed by atoms with E-state index >= 15 is 0 Å². The first-order chi connectivity index (χ1) is 19.1. The van der Waals surface area contributed by atoms with Crippen molar-refractivity contribution in [2.24, 2.45) is 0 Å². The molecular formula is C28H25ClN2O9. The van der Waals surface area contributed by atoms with Crippen LogP contribution in [0.25, 0.3) is 33.2 Å². The van der Waals surface area contributed by atoms with E-state index in [0.29, 0.717) is 21.8 Å². The summed E-state index contributed by atoms with van der Waals surface area (Å²) in [7, 11) is 0. The molecule has 0 amide bonds. The number of carbonyl (C=O) groups is 2. The van der Waals surface area contributed by atoms with Crippen LogP contribution < -0.4 is 0 Å². The van der Waals surface area contributed by atoms with Crippen molar-refractivity contribution >= 4 is 34.4 Å². The molecule has 208 valence electrons. The smallest absolute Gasteiger partial charge is 0.335 e. The molecule has 3 aromatic carbocycles. The Morgan fingerprint density at radius 1 is 0.950 bits per heavy atom. The predicted molar refractivity (Wildman–Crippen MR) is 142 cm³/mol. The predicted octanol–water partition coefficient (Wildman–Crippen LogP) is 2.62. The molecular weight excluding hydrogens is 544 g/mol. The van der Waals surface area contributed by atoms with Gasteiger partial charge >= 0.3 is 11.9 Å². The molecule has 2 heterocycles. The fraction of sp³-hybridized carbons (Fsp3) is 0.250. The number of phenolic OH excluding ortho intramolecular Hbond substituents is 1. The van der Waals surface area contributed by atoms with Crippen LogP contribution in [0.2, 0.25) is 5.02 Å². The molecule has 0 spiro atoms. The van der Waals surface area contributed by atoms with Crippen LogP contribution in [0, 0.1) is 0 Å². The van der Waals surface area contributed by atoms with E-state index in [1.807, 2.05) is 42.5 Å². The lowest BCUT2D eigenvalue weighted by atomic mass is 9.98. The Hall–Kier alpha value is -4.00. The number of phenols is 1. The number of carboxylic acids is 1. The third-order valence-electron chi connectivity index (χ3n) is 6.77. The van der Waals surface area contributed by atoms with Crippen molar-refractivity contribution in [3.63, 3.8) is 0 Å². The summed E-state index contributed by atoms with van der Waals surface area (Å²) in [5.74, 6) is -2.23. The van der Waals surface area contributed by atoms with Crippen molar-refractivity contribution in [3.8, 4) is 28.0 Å². The fourth-order valence-electron chi connectivity index (χ4n) is 4.61. The molecule has 6 N–H and O–H groups in total. The van der Waals surface area contributed by atoms with Crippen LogP contribution in [-0.4, -0.2) is 78.4 Å². The first kappa shape index (κ1) is 27.6. The first-order valence-corrected chi connectivity index (χ1v) is 12.7. The molecule has 1 aliphatic rings. The highest BCUT2D eigenvalue weighted by Gasteiger charge is 2.48. The summed E-state index contributed by atoms with van der Waals surface area (Å²) >= 11 is 6.56. The fourth-order valence-corrected chi connectivity index (χ4v) is 4.88. The van der Waals surface area contributed by atoms with E-state index in [1.54, 1.807) is 18.2 Å². The van der Waals surface area contributed by atoms with Crippen molar-refractivity contribution in [2.75, 3.05) is 0 Å². The van der Waals surface area contributed by atoms with Crippen molar-refractivity contribution in [1.29, 1.82) is 0 Å². The van der Waals surface area contributed by atoms with Gasteiger partial charge in [-0.05, 0) is 29.3 Å². The van der Waals surface area contributed by atoms with Gasteiger partial charge in [0.05, 0.1) is 22.7 Å². The summed E-state index contributed by atoms with van der Waals surface area (Å²) in [5, 5.41) is 57.4. The Balaban J connectivity index is 1.30. The lowest BCUT2D eigenvalue weighted by molar-refractivity contribution is -0.286. The number of rotatable bonds is 7. The number of benzene rings is 3. The molecule has 0 saturated carbocycles. The molecule has 5 atom stereocenters. The Morgan fingerprint density at radius 3 is 2.30 bits per heavy atom.